The number of pyridine rings is 1. The maximum atomic E-state index is 5.56. The van der Waals surface area contributed by atoms with Crippen molar-refractivity contribution in [1.29, 1.82) is 0 Å². The highest BCUT2D eigenvalue weighted by Gasteiger charge is 2.02. The topological polar surface area (TPSA) is 47.3 Å². The molecule has 4 heteroatoms. The van der Waals surface area contributed by atoms with Crippen molar-refractivity contribution in [2.75, 3.05) is 7.05 Å². The lowest BCUT2D eigenvalue weighted by molar-refractivity contribution is 0.269. The molecule has 1 N–H and O–H groups in total. The highest BCUT2D eigenvalue weighted by Crippen LogP contribution is 2.13. The summed E-state index contributed by atoms with van der Waals surface area (Å²) >= 11 is 0. The first-order valence-electron chi connectivity index (χ1n) is 5.54. The van der Waals surface area contributed by atoms with Gasteiger partial charge < -0.3 is 14.5 Å². The molecule has 2 aromatic heterocycles. The van der Waals surface area contributed by atoms with E-state index in [9.17, 15) is 0 Å². The van der Waals surface area contributed by atoms with Crippen LogP contribution in [0.1, 0.15) is 17.0 Å². The molecule has 0 aliphatic carbocycles. The van der Waals surface area contributed by atoms with Crippen LogP contribution in [-0.4, -0.2) is 12.0 Å². The second-order valence-corrected chi connectivity index (χ2v) is 3.88. The minimum atomic E-state index is 0.425. The van der Waals surface area contributed by atoms with E-state index >= 15 is 0 Å². The van der Waals surface area contributed by atoms with E-state index in [0.29, 0.717) is 6.61 Å². The number of aryl methyl sites for hydroxylation is 1. The summed E-state index contributed by atoms with van der Waals surface area (Å²) in [5.41, 5.74) is 2.10. The first kappa shape index (κ1) is 11.7. The third-order valence-corrected chi connectivity index (χ3v) is 2.35. The van der Waals surface area contributed by atoms with Crippen molar-refractivity contribution in [3.63, 3.8) is 0 Å². The molecule has 2 heterocycles. The van der Waals surface area contributed by atoms with Crippen LogP contribution in [0.15, 0.2) is 35.1 Å². The van der Waals surface area contributed by atoms with Gasteiger partial charge in [0, 0.05) is 17.8 Å². The first-order chi connectivity index (χ1) is 8.28. The molecular weight excluding hydrogens is 216 g/mol. The van der Waals surface area contributed by atoms with E-state index in [-0.39, 0.29) is 0 Å². The summed E-state index contributed by atoms with van der Waals surface area (Å²) in [4.78, 5) is 4.16. The summed E-state index contributed by atoms with van der Waals surface area (Å²) < 4.78 is 10.9. The summed E-state index contributed by atoms with van der Waals surface area (Å²) in [5, 5.41) is 3.07. The minimum absolute atomic E-state index is 0.425. The Kier molecular flexibility index (Phi) is 3.77. The zero-order chi connectivity index (χ0) is 12.1. The Labute approximate surface area is 101 Å². The predicted octanol–water partition coefficient (Wildman–Crippen LogP) is 2.28. The van der Waals surface area contributed by atoms with Crippen LogP contribution in [0.4, 0.5) is 0 Å². The lowest BCUT2D eigenvalue weighted by Gasteiger charge is -2.03. The predicted molar refractivity (Wildman–Crippen MR) is 64.8 cm³/mol. The maximum Gasteiger partial charge on any atom is 0.146 e. The Morgan fingerprint density at radius 1 is 1.41 bits per heavy atom. The molecule has 0 amide bonds. The van der Waals surface area contributed by atoms with Gasteiger partial charge in [-0.15, -0.1) is 0 Å². The van der Waals surface area contributed by atoms with Gasteiger partial charge in [0.1, 0.15) is 18.1 Å². The van der Waals surface area contributed by atoms with Gasteiger partial charge in [0.05, 0.1) is 12.5 Å². The largest absolute Gasteiger partial charge is 0.484 e. The van der Waals surface area contributed by atoms with Crippen LogP contribution in [-0.2, 0) is 13.2 Å². The Balaban J connectivity index is 1.90. The third kappa shape index (κ3) is 3.32. The molecule has 0 saturated heterocycles. The number of nitrogens with one attached hydrogen (secondary N) is 1. The molecular formula is C13H16N2O2. The van der Waals surface area contributed by atoms with E-state index in [2.05, 4.69) is 10.3 Å². The number of aromatic nitrogens is 1. The fourth-order valence-electron chi connectivity index (χ4n) is 1.49. The van der Waals surface area contributed by atoms with Crippen LogP contribution < -0.4 is 10.1 Å². The van der Waals surface area contributed by atoms with Gasteiger partial charge in [0.2, 0.25) is 0 Å². The summed E-state index contributed by atoms with van der Waals surface area (Å²) in [6.07, 6.45) is 3.45. The number of nitrogens with zero attached hydrogens (tertiary/aromatic N) is 1. The molecule has 2 rings (SSSR count). The lowest BCUT2D eigenvalue weighted by Crippen LogP contribution is -2.03. The molecule has 0 aliphatic rings. The molecule has 2 aromatic rings. The van der Waals surface area contributed by atoms with Crippen LogP contribution in [0.3, 0.4) is 0 Å². The average Bonchev–Trinajstić information content (AvgIpc) is 2.77. The van der Waals surface area contributed by atoms with E-state index < -0.39 is 0 Å². The Bertz CT molecular complexity index is 463. The second-order valence-electron chi connectivity index (χ2n) is 3.88. The third-order valence-electron chi connectivity index (χ3n) is 2.35. The molecule has 0 atom stereocenters. The number of hydrogen-bond donors (Lipinski definition) is 1. The van der Waals surface area contributed by atoms with Crippen LogP contribution in [0.2, 0.25) is 0 Å². The summed E-state index contributed by atoms with van der Waals surface area (Å²) in [7, 11) is 1.90. The number of furan rings is 1. The average molecular weight is 232 g/mol. The van der Waals surface area contributed by atoms with E-state index in [0.717, 1.165) is 29.3 Å². The van der Waals surface area contributed by atoms with E-state index in [4.69, 9.17) is 9.15 Å². The normalized spacial score (nSPS) is 10.5. The zero-order valence-electron chi connectivity index (χ0n) is 10.1. The number of rotatable bonds is 5. The highest BCUT2D eigenvalue weighted by molar-refractivity contribution is 5.20. The van der Waals surface area contributed by atoms with Gasteiger partial charge in [-0.3, -0.25) is 4.98 Å². The van der Waals surface area contributed by atoms with Crippen LogP contribution >= 0.6 is 0 Å². The van der Waals surface area contributed by atoms with Crippen molar-refractivity contribution in [2.45, 2.75) is 20.1 Å². The molecule has 17 heavy (non-hydrogen) atoms. The van der Waals surface area contributed by atoms with Crippen molar-refractivity contribution in [3.8, 4) is 5.75 Å². The maximum absolute atomic E-state index is 5.56. The van der Waals surface area contributed by atoms with Gasteiger partial charge >= 0.3 is 0 Å². The molecule has 0 fully saturated rings. The molecule has 0 saturated carbocycles. The Morgan fingerprint density at radius 3 is 3.00 bits per heavy atom. The highest BCUT2D eigenvalue weighted by atomic mass is 16.5. The van der Waals surface area contributed by atoms with Crippen molar-refractivity contribution >= 4 is 0 Å². The van der Waals surface area contributed by atoms with E-state index in [1.54, 1.807) is 12.5 Å². The van der Waals surface area contributed by atoms with Gasteiger partial charge in [-0.05, 0) is 32.2 Å². The zero-order valence-corrected chi connectivity index (χ0v) is 10.1. The minimum Gasteiger partial charge on any atom is -0.484 e. The smallest absolute Gasteiger partial charge is 0.146 e. The lowest BCUT2D eigenvalue weighted by atomic mass is 10.3. The van der Waals surface area contributed by atoms with Crippen molar-refractivity contribution in [2.24, 2.45) is 0 Å². The first-order valence-corrected chi connectivity index (χ1v) is 5.54. The molecule has 4 nitrogen and oxygen atoms in total. The molecule has 0 radical (unpaired) electrons. The molecule has 90 valence electrons. The number of ether oxygens (including phenoxy) is 1. The van der Waals surface area contributed by atoms with Crippen LogP contribution in [0.5, 0.6) is 5.75 Å². The number of hydrogen-bond acceptors (Lipinski definition) is 4. The fraction of sp³-hybridized carbons (Fsp3) is 0.308. The quantitative estimate of drug-likeness (QED) is 0.859. The second kappa shape index (κ2) is 5.50. The Morgan fingerprint density at radius 2 is 2.29 bits per heavy atom. The van der Waals surface area contributed by atoms with E-state index in [1.807, 2.05) is 32.2 Å². The van der Waals surface area contributed by atoms with Crippen LogP contribution in [0.25, 0.3) is 0 Å². The molecule has 0 aliphatic heterocycles. The molecule has 0 bridgehead atoms. The van der Waals surface area contributed by atoms with Crippen LogP contribution in [0, 0.1) is 6.92 Å². The van der Waals surface area contributed by atoms with Gasteiger partial charge in [0.15, 0.2) is 0 Å². The van der Waals surface area contributed by atoms with Crippen molar-refractivity contribution in [1.82, 2.24) is 10.3 Å². The van der Waals surface area contributed by atoms with Gasteiger partial charge in [-0.1, -0.05) is 0 Å². The monoisotopic (exact) mass is 232 g/mol. The van der Waals surface area contributed by atoms with Gasteiger partial charge in [-0.2, -0.15) is 0 Å². The molecule has 0 spiro atoms. The SMILES string of the molecule is CNCc1coc(COc2ccc(C)nc2)c1. The van der Waals surface area contributed by atoms with Crippen molar-refractivity contribution in [3.05, 3.63) is 47.7 Å². The molecule has 0 unspecified atom stereocenters. The summed E-state index contributed by atoms with van der Waals surface area (Å²) in [6.45, 7) is 3.17. The summed E-state index contributed by atoms with van der Waals surface area (Å²) in [6, 6.07) is 5.81. The summed E-state index contributed by atoms with van der Waals surface area (Å²) in [5.74, 6) is 1.57. The Hall–Kier alpha value is -1.81. The fourth-order valence-corrected chi connectivity index (χ4v) is 1.49. The van der Waals surface area contributed by atoms with Gasteiger partial charge in [0.25, 0.3) is 0 Å². The van der Waals surface area contributed by atoms with Gasteiger partial charge in [-0.25, -0.2) is 0 Å². The van der Waals surface area contributed by atoms with E-state index in [1.165, 1.54) is 0 Å². The molecule has 0 aromatic carbocycles. The van der Waals surface area contributed by atoms with Crippen molar-refractivity contribution < 1.29 is 9.15 Å². The standard InChI is InChI=1S/C13H16N2O2/c1-10-3-4-12(7-15-10)17-9-13-5-11(6-14-2)8-16-13/h3-5,7-8,14H,6,9H2,1-2H3.